The van der Waals surface area contributed by atoms with Gasteiger partial charge in [-0.1, -0.05) is 30.3 Å². The molecule has 0 radical (unpaired) electrons. The summed E-state index contributed by atoms with van der Waals surface area (Å²) in [6, 6.07) is 16.7. The maximum absolute atomic E-state index is 10.7. The van der Waals surface area contributed by atoms with Gasteiger partial charge < -0.3 is 10.6 Å². The first kappa shape index (κ1) is 18.8. The average molecular weight is 358 g/mol. The van der Waals surface area contributed by atoms with E-state index in [0.29, 0.717) is 6.54 Å². The van der Waals surface area contributed by atoms with E-state index in [1.165, 1.54) is 17.0 Å². The van der Waals surface area contributed by atoms with Crippen LogP contribution in [0.15, 0.2) is 64.5 Å². The minimum absolute atomic E-state index is 0.0932. The van der Waals surface area contributed by atoms with Crippen molar-refractivity contribution in [3.8, 4) is 0 Å². The third-order valence-corrected chi connectivity index (χ3v) is 4.33. The second-order valence-electron chi connectivity index (χ2n) is 5.21. The molecule has 132 valence electrons. The van der Waals surface area contributed by atoms with E-state index < -0.39 is 4.92 Å². The fourth-order valence-electron chi connectivity index (χ4n) is 2.09. The molecule has 0 atom stereocenters. The Hall–Kier alpha value is -2.54. The van der Waals surface area contributed by atoms with Crippen LogP contribution in [0.2, 0.25) is 0 Å². The van der Waals surface area contributed by atoms with Crippen LogP contribution in [0.3, 0.4) is 0 Å². The smallest absolute Gasteiger partial charge is 0.269 e. The predicted molar refractivity (Wildman–Crippen MR) is 103 cm³/mol. The van der Waals surface area contributed by atoms with Gasteiger partial charge in [0.1, 0.15) is 0 Å². The Bertz CT molecular complexity index is 690. The molecule has 0 heterocycles. The van der Waals surface area contributed by atoms with E-state index in [0.717, 1.165) is 30.4 Å². The van der Waals surface area contributed by atoms with E-state index in [4.69, 9.17) is 0 Å². The van der Waals surface area contributed by atoms with E-state index >= 15 is 0 Å². The van der Waals surface area contributed by atoms with Gasteiger partial charge in [-0.15, -0.1) is 11.8 Å². The third-order valence-electron chi connectivity index (χ3n) is 3.32. The lowest BCUT2D eigenvalue weighted by Gasteiger charge is -2.11. The van der Waals surface area contributed by atoms with Crippen LogP contribution in [0, 0.1) is 10.1 Å². The predicted octanol–water partition coefficient (Wildman–Crippen LogP) is 3.44. The molecule has 6 nitrogen and oxygen atoms in total. The summed E-state index contributed by atoms with van der Waals surface area (Å²) in [6.45, 7) is 4.06. The van der Waals surface area contributed by atoms with Crippen LogP contribution in [0.1, 0.15) is 12.5 Å². The molecule has 0 spiro atoms. The van der Waals surface area contributed by atoms with Gasteiger partial charge in [0.05, 0.1) is 11.5 Å². The molecule has 0 amide bonds. The number of benzene rings is 2. The molecular formula is C18H22N4O2S. The summed E-state index contributed by atoms with van der Waals surface area (Å²) in [4.78, 5) is 16.0. The molecule has 0 saturated carbocycles. The van der Waals surface area contributed by atoms with Crippen molar-refractivity contribution in [2.75, 3.05) is 18.8 Å². The van der Waals surface area contributed by atoms with Gasteiger partial charge in [0, 0.05) is 35.9 Å². The molecule has 0 bridgehead atoms. The Kier molecular flexibility index (Phi) is 7.78. The van der Waals surface area contributed by atoms with Gasteiger partial charge in [-0.25, -0.2) is 4.99 Å². The summed E-state index contributed by atoms with van der Waals surface area (Å²) in [7, 11) is 0. The third kappa shape index (κ3) is 6.84. The Morgan fingerprint density at radius 3 is 2.48 bits per heavy atom. The number of hydrogen-bond donors (Lipinski definition) is 2. The first-order valence-electron chi connectivity index (χ1n) is 8.12. The highest BCUT2D eigenvalue weighted by Gasteiger charge is 2.04. The van der Waals surface area contributed by atoms with Crippen LogP contribution in [0.25, 0.3) is 0 Å². The number of nitro groups is 1. The minimum atomic E-state index is -0.400. The molecule has 0 aromatic heterocycles. The van der Waals surface area contributed by atoms with Gasteiger partial charge in [-0.05, 0) is 24.6 Å². The number of rotatable bonds is 8. The van der Waals surface area contributed by atoms with Crippen molar-refractivity contribution in [2.24, 2.45) is 4.99 Å². The topological polar surface area (TPSA) is 79.6 Å². The zero-order valence-corrected chi connectivity index (χ0v) is 15.0. The monoisotopic (exact) mass is 358 g/mol. The number of nitrogens with zero attached hydrogens (tertiary/aromatic N) is 2. The Morgan fingerprint density at radius 1 is 1.12 bits per heavy atom. The maximum atomic E-state index is 10.7. The first-order valence-corrected chi connectivity index (χ1v) is 9.11. The second-order valence-corrected chi connectivity index (χ2v) is 6.38. The van der Waals surface area contributed by atoms with E-state index in [1.54, 1.807) is 23.9 Å². The molecule has 2 aromatic carbocycles. The van der Waals surface area contributed by atoms with E-state index in [9.17, 15) is 10.1 Å². The standard InChI is InChI=1S/C18H22N4O2S/c1-2-19-18(20-12-13-25-17-6-4-3-5-7-17)21-14-15-8-10-16(11-9-15)22(23)24/h3-11H,2,12-14H2,1H3,(H2,19,20,21). The summed E-state index contributed by atoms with van der Waals surface area (Å²) in [5, 5.41) is 17.2. The van der Waals surface area contributed by atoms with Gasteiger partial charge in [0.2, 0.25) is 0 Å². The molecule has 0 aliphatic rings. The Labute approximate surface area is 151 Å². The molecule has 25 heavy (non-hydrogen) atoms. The van der Waals surface area contributed by atoms with Crippen LogP contribution >= 0.6 is 11.8 Å². The summed E-state index contributed by atoms with van der Waals surface area (Å²) in [6.07, 6.45) is 0. The van der Waals surface area contributed by atoms with E-state index in [1.807, 2.05) is 25.1 Å². The van der Waals surface area contributed by atoms with Crippen molar-refractivity contribution in [1.29, 1.82) is 0 Å². The number of guanidine groups is 1. The van der Waals surface area contributed by atoms with Gasteiger partial charge in [0.15, 0.2) is 5.96 Å². The molecule has 2 rings (SSSR count). The highest BCUT2D eigenvalue weighted by molar-refractivity contribution is 7.99. The summed E-state index contributed by atoms with van der Waals surface area (Å²) < 4.78 is 0. The summed E-state index contributed by atoms with van der Waals surface area (Å²) in [5.41, 5.74) is 1.03. The number of aliphatic imine (C=N–C) groups is 1. The molecule has 0 saturated heterocycles. The van der Waals surface area contributed by atoms with Crippen molar-refractivity contribution in [1.82, 2.24) is 10.6 Å². The molecule has 0 fully saturated rings. The molecule has 7 heteroatoms. The van der Waals surface area contributed by atoms with Gasteiger partial charge in [0.25, 0.3) is 5.69 Å². The molecule has 2 aromatic rings. The zero-order chi connectivity index (χ0) is 17.9. The number of non-ortho nitro benzene ring substituents is 1. The van der Waals surface area contributed by atoms with Crippen molar-refractivity contribution < 1.29 is 4.92 Å². The van der Waals surface area contributed by atoms with Gasteiger partial charge in [-0.3, -0.25) is 10.1 Å². The number of nitrogens with one attached hydrogen (secondary N) is 2. The number of hydrogen-bond acceptors (Lipinski definition) is 4. The SMILES string of the molecule is CCNC(=NCc1ccc([N+](=O)[O-])cc1)NCCSc1ccccc1. The van der Waals surface area contributed by atoms with Gasteiger partial charge >= 0.3 is 0 Å². The molecule has 2 N–H and O–H groups in total. The lowest BCUT2D eigenvalue weighted by Crippen LogP contribution is -2.38. The highest BCUT2D eigenvalue weighted by Crippen LogP contribution is 2.15. The number of nitro benzene ring substituents is 1. The average Bonchev–Trinajstić information content (AvgIpc) is 2.64. The van der Waals surface area contributed by atoms with Crippen molar-refractivity contribution >= 4 is 23.4 Å². The molecule has 0 unspecified atom stereocenters. The lowest BCUT2D eigenvalue weighted by molar-refractivity contribution is -0.384. The quantitative estimate of drug-likeness (QED) is 0.189. The normalized spacial score (nSPS) is 11.2. The van der Waals surface area contributed by atoms with Crippen LogP contribution in [0.4, 0.5) is 5.69 Å². The first-order chi connectivity index (χ1) is 12.2. The molecule has 0 aliphatic carbocycles. The lowest BCUT2D eigenvalue weighted by atomic mass is 10.2. The van der Waals surface area contributed by atoms with E-state index in [2.05, 4.69) is 27.8 Å². The second kappa shape index (κ2) is 10.4. The van der Waals surface area contributed by atoms with Crippen molar-refractivity contribution in [3.05, 3.63) is 70.3 Å². The number of thioether (sulfide) groups is 1. The van der Waals surface area contributed by atoms with Crippen molar-refractivity contribution in [3.63, 3.8) is 0 Å². The summed E-state index contributed by atoms with van der Waals surface area (Å²) in [5.74, 6) is 1.68. The van der Waals surface area contributed by atoms with E-state index in [-0.39, 0.29) is 5.69 Å². The largest absolute Gasteiger partial charge is 0.357 e. The Balaban J connectivity index is 1.82. The highest BCUT2D eigenvalue weighted by atomic mass is 32.2. The maximum Gasteiger partial charge on any atom is 0.269 e. The molecule has 0 aliphatic heterocycles. The fourth-order valence-corrected chi connectivity index (χ4v) is 2.88. The van der Waals surface area contributed by atoms with Crippen LogP contribution in [-0.2, 0) is 6.54 Å². The summed E-state index contributed by atoms with van der Waals surface area (Å²) >= 11 is 1.79. The van der Waals surface area contributed by atoms with Crippen molar-refractivity contribution in [2.45, 2.75) is 18.4 Å². The fraction of sp³-hybridized carbons (Fsp3) is 0.278. The Morgan fingerprint density at radius 2 is 1.84 bits per heavy atom. The molecular weight excluding hydrogens is 336 g/mol. The van der Waals surface area contributed by atoms with Crippen LogP contribution in [-0.4, -0.2) is 29.7 Å². The van der Waals surface area contributed by atoms with Gasteiger partial charge in [-0.2, -0.15) is 0 Å². The zero-order valence-electron chi connectivity index (χ0n) is 14.1. The van der Waals surface area contributed by atoms with Crippen LogP contribution < -0.4 is 10.6 Å². The minimum Gasteiger partial charge on any atom is -0.357 e. The van der Waals surface area contributed by atoms with Crippen LogP contribution in [0.5, 0.6) is 0 Å².